The third kappa shape index (κ3) is 3.91. The van der Waals surface area contributed by atoms with Gasteiger partial charge in [-0.1, -0.05) is 25.1 Å². The molecule has 1 aliphatic heterocycles. The first-order chi connectivity index (χ1) is 14.6. The van der Waals surface area contributed by atoms with Crippen molar-refractivity contribution in [3.63, 3.8) is 0 Å². The second kappa shape index (κ2) is 8.85. The van der Waals surface area contributed by atoms with Crippen molar-refractivity contribution in [2.24, 2.45) is 0 Å². The van der Waals surface area contributed by atoms with Crippen molar-refractivity contribution in [2.75, 3.05) is 38.3 Å². The van der Waals surface area contributed by atoms with E-state index >= 15 is 0 Å². The number of nitrogens with one attached hydrogen (secondary N) is 1. The maximum Gasteiger partial charge on any atom is 0.251 e. The number of benzene rings is 1. The second-order valence-electron chi connectivity index (χ2n) is 7.05. The molecule has 1 N–H and O–H groups in total. The summed E-state index contributed by atoms with van der Waals surface area (Å²) in [6.07, 6.45) is 4.85. The zero-order valence-electron chi connectivity index (χ0n) is 17.1. The fourth-order valence-corrected chi connectivity index (χ4v) is 4.44. The van der Waals surface area contributed by atoms with Crippen molar-refractivity contribution < 1.29 is 13.9 Å². The molecular formula is C23H24N2O4S. The largest absolute Gasteiger partial charge is 0.439 e. The van der Waals surface area contributed by atoms with E-state index in [0.29, 0.717) is 48.0 Å². The summed E-state index contributed by atoms with van der Waals surface area (Å²) in [5, 5.41) is 4.63. The third-order valence-electron chi connectivity index (χ3n) is 5.12. The standard InChI is InChI=1S/C23H24N2O4S/c1-3-4-5-15-12-16(6-7-17(15)23(27)24-2)18-14-30-22-19(26)13-20(29-21(18)22)25-8-10-28-11-9-25/h4-7,12-14H,3,8-11H2,1-2H3,(H,24,27)/b5-4-. The minimum absolute atomic E-state index is 0.0397. The highest BCUT2D eigenvalue weighted by atomic mass is 32.1. The molecule has 1 fully saturated rings. The number of thiophene rings is 1. The highest BCUT2D eigenvalue weighted by molar-refractivity contribution is 7.17. The van der Waals surface area contributed by atoms with Gasteiger partial charge in [-0.2, -0.15) is 0 Å². The molecule has 7 heteroatoms. The summed E-state index contributed by atoms with van der Waals surface area (Å²) < 4.78 is 12.2. The van der Waals surface area contributed by atoms with Crippen LogP contribution in [0.5, 0.6) is 0 Å². The van der Waals surface area contributed by atoms with Gasteiger partial charge in [-0.15, -0.1) is 11.3 Å². The third-order valence-corrected chi connectivity index (χ3v) is 6.10. The fourth-order valence-electron chi connectivity index (χ4n) is 3.52. The normalized spacial score (nSPS) is 14.5. The van der Waals surface area contributed by atoms with Gasteiger partial charge in [0.25, 0.3) is 5.91 Å². The summed E-state index contributed by atoms with van der Waals surface area (Å²) in [5.74, 6) is 0.442. The van der Waals surface area contributed by atoms with E-state index in [1.165, 1.54) is 11.3 Å². The molecule has 3 heterocycles. The van der Waals surface area contributed by atoms with E-state index in [1.807, 2.05) is 47.6 Å². The van der Waals surface area contributed by atoms with E-state index in [2.05, 4.69) is 5.32 Å². The zero-order chi connectivity index (χ0) is 21.1. The van der Waals surface area contributed by atoms with Crippen LogP contribution in [0.25, 0.3) is 27.5 Å². The first kappa shape index (κ1) is 20.4. The van der Waals surface area contributed by atoms with Crippen LogP contribution in [0.4, 0.5) is 5.88 Å². The molecule has 2 aromatic heterocycles. The number of rotatable bonds is 5. The SMILES string of the molecule is CC/C=C\c1cc(-c2csc3c(=O)cc(N4CCOCC4)oc23)ccc1C(=O)NC. The Kier molecular flexibility index (Phi) is 6.01. The van der Waals surface area contributed by atoms with E-state index in [1.54, 1.807) is 13.1 Å². The van der Waals surface area contributed by atoms with Crippen molar-refractivity contribution >= 4 is 39.5 Å². The quantitative estimate of drug-likeness (QED) is 0.666. The van der Waals surface area contributed by atoms with Gasteiger partial charge in [-0.3, -0.25) is 9.59 Å². The van der Waals surface area contributed by atoms with Crippen molar-refractivity contribution in [1.29, 1.82) is 0 Å². The number of carbonyl (C=O) groups excluding carboxylic acids is 1. The van der Waals surface area contributed by atoms with Crippen LogP contribution in [0, 0.1) is 0 Å². The molecule has 0 saturated carbocycles. The topological polar surface area (TPSA) is 71.8 Å². The maximum absolute atomic E-state index is 12.7. The molecule has 3 aromatic rings. The van der Waals surface area contributed by atoms with Crippen LogP contribution < -0.4 is 15.6 Å². The Balaban J connectivity index is 1.82. The Morgan fingerprint density at radius 1 is 1.27 bits per heavy atom. The van der Waals surface area contributed by atoms with Crippen LogP contribution in [0.1, 0.15) is 29.3 Å². The van der Waals surface area contributed by atoms with Crippen molar-refractivity contribution in [3.8, 4) is 11.1 Å². The first-order valence-electron chi connectivity index (χ1n) is 10.0. The minimum atomic E-state index is -0.131. The van der Waals surface area contributed by atoms with Gasteiger partial charge < -0.3 is 19.4 Å². The number of fused-ring (bicyclic) bond motifs is 1. The van der Waals surface area contributed by atoms with Gasteiger partial charge in [-0.05, 0) is 29.7 Å². The molecule has 1 aromatic carbocycles. The Morgan fingerprint density at radius 3 is 2.80 bits per heavy atom. The van der Waals surface area contributed by atoms with Crippen molar-refractivity contribution in [3.05, 3.63) is 57.1 Å². The van der Waals surface area contributed by atoms with Gasteiger partial charge in [0, 0.05) is 42.7 Å². The van der Waals surface area contributed by atoms with Crippen LogP contribution in [-0.2, 0) is 4.74 Å². The van der Waals surface area contributed by atoms with Gasteiger partial charge in [0.2, 0.25) is 5.43 Å². The van der Waals surface area contributed by atoms with E-state index in [9.17, 15) is 9.59 Å². The first-order valence-corrected chi connectivity index (χ1v) is 10.9. The lowest BCUT2D eigenvalue weighted by molar-refractivity contribution is 0.0963. The van der Waals surface area contributed by atoms with Gasteiger partial charge in [0.05, 0.1) is 13.2 Å². The van der Waals surface area contributed by atoms with Gasteiger partial charge >= 0.3 is 0 Å². The van der Waals surface area contributed by atoms with Crippen LogP contribution in [0.2, 0.25) is 0 Å². The van der Waals surface area contributed by atoms with Crippen LogP contribution in [0.15, 0.2) is 44.9 Å². The summed E-state index contributed by atoms with van der Waals surface area (Å²) in [4.78, 5) is 27.0. The summed E-state index contributed by atoms with van der Waals surface area (Å²) in [6.45, 7) is 4.67. The number of hydrogen-bond donors (Lipinski definition) is 1. The molecule has 6 nitrogen and oxygen atoms in total. The number of ether oxygens (including phenoxy) is 1. The number of morpholine rings is 1. The monoisotopic (exact) mass is 424 g/mol. The molecule has 0 unspecified atom stereocenters. The zero-order valence-corrected chi connectivity index (χ0v) is 17.9. The Morgan fingerprint density at radius 2 is 2.07 bits per heavy atom. The highest BCUT2D eigenvalue weighted by Crippen LogP contribution is 2.35. The molecule has 0 aliphatic carbocycles. The van der Waals surface area contributed by atoms with Gasteiger partial charge in [0.15, 0.2) is 11.5 Å². The van der Waals surface area contributed by atoms with Gasteiger partial charge in [0.1, 0.15) is 4.70 Å². The van der Waals surface area contributed by atoms with Crippen LogP contribution in [0.3, 0.4) is 0 Å². The molecule has 0 atom stereocenters. The fraction of sp³-hybridized carbons (Fsp3) is 0.304. The number of anilines is 1. The van der Waals surface area contributed by atoms with E-state index in [0.717, 1.165) is 23.1 Å². The highest BCUT2D eigenvalue weighted by Gasteiger charge is 2.19. The molecule has 30 heavy (non-hydrogen) atoms. The van der Waals surface area contributed by atoms with Crippen molar-refractivity contribution in [1.82, 2.24) is 5.32 Å². The Labute approximate surface area is 178 Å². The minimum Gasteiger partial charge on any atom is -0.439 e. The maximum atomic E-state index is 12.7. The molecule has 1 saturated heterocycles. The lowest BCUT2D eigenvalue weighted by Gasteiger charge is -2.27. The summed E-state index contributed by atoms with van der Waals surface area (Å²) in [5.41, 5.74) is 3.76. The predicted molar refractivity (Wildman–Crippen MR) is 122 cm³/mol. The summed E-state index contributed by atoms with van der Waals surface area (Å²) in [6, 6.07) is 7.26. The number of amides is 1. The van der Waals surface area contributed by atoms with E-state index in [-0.39, 0.29) is 11.3 Å². The lowest BCUT2D eigenvalue weighted by Crippen LogP contribution is -2.36. The van der Waals surface area contributed by atoms with Gasteiger partial charge in [-0.25, -0.2) is 0 Å². The van der Waals surface area contributed by atoms with E-state index in [4.69, 9.17) is 9.15 Å². The molecule has 0 radical (unpaired) electrons. The van der Waals surface area contributed by atoms with Crippen LogP contribution in [-0.4, -0.2) is 39.3 Å². The molecular weight excluding hydrogens is 400 g/mol. The molecule has 1 aliphatic rings. The number of carbonyl (C=O) groups is 1. The van der Waals surface area contributed by atoms with E-state index < -0.39 is 0 Å². The summed E-state index contributed by atoms with van der Waals surface area (Å²) in [7, 11) is 1.62. The number of nitrogens with zero attached hydrogens (tertiary/aromatic N) is 1. The average Bonchev–Trinajstić information content (AvgIpc) is 3.22. The molecule has 0 spiro atoms. The second-order valence-corrected chi connectivity index (χ2v) is 7.93. The Hall–Kier alpha value is -2.90. The Bertz CT molecular complexity index is 1160. The van der Waals surface area contributed by atoms with Crippen LogP contribution >= 0.6 is 11.3 Å². The molecule has 1 amide bonds. The molecule has 156 valence electrons. The predicted octanol–water partition coefficient (Wildman–Crippen LogP) is 4.14. The lowest BCUT2D eigenvalue weighted by atomic mass is 9.99. The molecule has 0 bridgehead atoms. The average molecular weight is 425 g/mol. The van der Waals surface area contributed by atoms with Crippen molar-refractivity contribution in [2.45, 2.75) is 13.3 Å². The smallest absolute Gasteiger partial charge is 0.251 e. The summed E-state index contributed by atoms with van der Waals surface area (Å²) >= 11 is 1.38. The molecule has 4 rings (SSSR count). The number of hydrogen-bond acceptors (Lipinski definition) is 6. The number of allylic oxidation sites excluding steroid dienone is 1.